The Morgan fingerprint density at radius 3 is 3.00 bits per heavy atom. The zero-order valence-corrected chi connectivity index (χ0v) is 15.5. The summed E-state index contributed by atoms with van der Waals surface area (Å²) in [5.74, 6) is 0. The van der Waals surface area contributed by atoms with E-state index >= 15 is 0 Å². The van der Waals surface area contributed by atoms with Crippen LogP contribution in [0.5, 0.6) is 0 Å². The van der Waals surface area contributed by atoms with Gasteiger partial charge >= 0.3 is 0 Å². The third-order valence-corrected chi connectivity index (χ3v) is 7.59. The number of halogens is 1. The van der Waals surface area contributed by atoms with E-state index in [0.717, 1.165) is 17.8 Å². The number of nitrogens with one attached hydrogen (secondary N) is 1. The summed E-state index contributed by atoms with van der Waals surface area (Å²) in [6, 6.07) is 1.65. The largest absolute Gasteiger partial charge is 0.378 e. The summed E-state index contributed by atoms with van der Waals surface area (Å²) in [4.78, 5) is 1.39. The van der Waals surface area contributed by atoms with Gasteiger partial charge in [0, 0.05) is 24.0 Å². The molecular formula is C13H21BrN2O3S2. The van der Waals surface area contributed by atoms with Gasteiger partial charge in [0.05, 0.1) is 17.0 Å². The Balaban J connectivity index is 2.19. The summed E-state index contributed by atoms with van der Waals surface area (Å²) in [5, 5.41) is 3.29. The van der Waals surface area contributed by atoms with Gasteiger partial charge in [0.1, 0.15) is 4.90 Å². The van der Waals surface area contributed by atoms with Gasteiger partial charge in [0.15, 0.2) is 0 Å². The van der Waals surface area contributed by atoms with E-state index in [0.29, 0.717) is 35.0 Å². The van der Waals surface area contributed by atoms with Crippen molar-refractivity contribution in [1.82, 2.24) is 9.62 Å². The first kappa shape index (κ1) is 17.4. The maximum atomic E-state index is 12.8. The lowest BCUT2D eigenvalue weighted by Gasteiger charge is -2.32. The normalized spacial score (nSPS) is 20.8. The average molecular weight is 397 g/mol. The topological polar surface area (TPSA) is 58.6 Å². The molecule has 1 saturated heterocycles. The molecule has 120 valence electrons. The molecule has 1 aromatic heterocycles. The zero-order valence-electron chi connectivity index (χ0n) is 12.3. The van der Waals surface area contributed by atoms with Crippen molar-refractivity contribution in [3.8, 4) is 0 Å². The van der Waals surface area contributed by atoms with Crippen molar-refractivity contribution in [2.24, 2.45) is 0 Å². The third kappa shape index (κ3) is 4.05. The van der Waals surface area contributed by atoms with Crippen LogP contribution >= 0.6 is 27.3 Å². The molecule has 21 heavy (non-hydrogen) atoms. The molecule has 1 aliphatic rings. The molecular weight excluding hydrogens is 376 g/mol. The Kier molecular flexibility index (Phi) is 6.22. The van der Waals surface area contributed by atoms with E-state index in [9.17, 15) is 8.42 Å². The quantitative estimate of drug-likeness (QED) is 0.750. The van der Waals surface area contributed by atoms with Crippen LogP contribution in [-0.2, 0) is 21.3 Å². The number of hydrogen-bond donors (Lipinski definition) is 1. The second kappa shape index (κ2) is 7.52. The lowest BCUT2D eigenvalue weighted by Crippen LogP contribution is -2.46. The predicted octanol–water partition coefficient (Wildman–Crippen LogP) is 2.42. The van der Waals surface area contributed by atoms with E-state index < -0.39 is 10.0 Å². The molecule has 0 saturated carbocycles. The summed E-state index contributed by atoms with van der Waals surface area (Å²) in [6.45, 7) is 6.93. The van der Waals surface area contributed by atoms with Crippen LogP contribution in [0, 0.1) is 0 Å². The molecule has 0 aromatic carbocycles. The standard InChI is InChI=1S/C13H21BrN2O3S2/c1-3-4-15-8-11-7-12(13(14)20-11)21(17,18)16-5-6-19-9-10(16)2/h7,10,15H,3-6,8-9H2,1-2H3. The Labute approximate surface area is 138 Å². The number of ether oxygens (including phenoxy) is 1. The summed E-state index contributed by atoms with van der Waals surface area (Å²) in [7, 11) is -3.46. The maximum absolute atomic E-state index is 12.8. The number of thiophene rings is 1. The Morgan fingerprint density at radius 2 is 2.33 bits per heavy atom. The monoisotopic (exact) mass is 396 g/mol. The van der Waals surface area contributed by atoms with Crippen LogP contribution < -0.4 is 5.32 Å². The second-order valence-electron chi connectivity index (χ2n) is 5.07. The van der Waals surface area contributed by atoms with E-state index in [2.05, 4.69) is 28.2 Å². The van der Waals surface area contributed by atoms with Gasteiger partial charge in [-0.2, -0.15) is 4.31 Å². The SMILES string of the molecule is CCCNCc1cc(S(=O)(=O)N2CCOCC2C)c(Br)s1. The van der Waals surface area contributed by atoms with Crippen LogP contribution in [-0.4, -0.2) is 45.1 Å². The van der Waals surface area contributed by atoms with Crippen molar-refractivity contribution in [3.05, 3.63) is 14.7 Å². The minimum absolute atomic E-state index is 0.128. The highest BCUT2D eigenvalue weighted by molar-refractivity contribution is 9.11. The highest BCUT2D eigenvalue weighted by atomic mass is 79.9. The molecule has 0 aliphatic carbocycles. The molecule has 1 unspecified atom stereocenters. The van der Waals surface area contributed by atoms with Gasteiger partial charge in [-0.3, -0.25) is 0 Å². The molecule has 1 aliphatic heterocycles. The summed E-state index contributed by atoms with van der Waals surface area (Å²) in [5.41, 5.74) is 0. The molecule has 0 spiro atoms. The fraction of sp³-hybridized carbons (Fsp3) is 0.692. The smallest absolute Gasteiger partial charge is 0.245 e. The van der Waals surface area contributed by atoms with Crippen LogP contribution in [0.15, 0.2) is 14.7 Å². The van der Waals surface area contributed by atoms with E-state index in [4.69, 9.17) is 4.74 Å². The number of hydrogen-bond acceptors (Lipinski definition) is 5. The number of sulfonamides is 1. The third-order valence-electron chi connectivity index (χ3n) is 3.33. The Morgan fingerprint density at radius 1 is 1.57 bits per heavy atom. The summed E-state index contributed by atoms with van der Waals surface area (Å²) < 4.78 is 33.1. The van der Waals surface area contributed by atoms with Gasteiger partial charge in [0.25, 0.3) is 0 Å². The van der Waals surface area contributed by atoms with Crippen molar-refractivity contribution in [1.29, 1.82) is 0 Å². The van der Waals surface area contributed by atoms with Gasteiger partial charge in [-0.1, -0.05) is 6.92 Å². The van der Waals surface area contributed by atoms with Crippen molar-refractivity contribution >= 4 is 37.3 Å². The van der Waals surface area contributed by atoms with Gasteiger partial charge in [-0.05, 0) is 41.9 Å². The molecule has 0 radical (unpaired) electrons. The van der Waals surface area contributed by atoms with Gasteiger partial charge in [-0.15, -0.1) is 11.3 Å². The molecule has 1 fully saturated rings. The van der Waals surface area contributed by atoms with E-state index in [1.165, 1.54) is 15.6 Å². The minimum atomic E-state index is -3.46. The van der Waals surface area contributed by atoms with Gasteiger partial charge in [-0.25, -0.2) is 8.42 Å². The average Bonchev–Trinajstić information content (AvgIpc) is 2.81. The zero-order chi connectivity index (χ0) is 15.5. The summed E-state index contributed by atoms with van der Waals surface area (Å²) >= 11 is 4.88. The molecule has 1 atom stereocenters. The van der Waals surface area contributed by atoms with Gasteiger partial charge < -0.3 is 10.1 Å². The number of rotatable bonds is 6. The fourth-order valence-corrected chi connectivity index (χ4v) is 6.45. The number of nitrogens with zero attached hydrogens (tertiary/aromatic N) is 1. The number of morpholine rings is 1. The first-order valence-corrected chi connectivity index (χ1v) is 10.1. The molecule has 1 aromatic rings. The predicted molar refractivity (Wildman–Crippen MR) is 88.2 cm³/mol. The van der Waals surface area contributed by atoms with Crippen LogP contribution in [0.4, 0.5) is 0 Å². The van der Waals surface area contributed by atoms with E-state index in [1.54, 1.807) is 6.07 Å². The van der Waals surface area contributed by atoms with Crippen molar-refractivity contribution in [2.45, 2.75) is 37.8 Å². The molecule has 1 N–H and O–H groups in total. The highest BCUT2D eigenvalue weighted by Crippen LogP contribution is 2.34. The minimum Gasteiger partial charge on any atom is -0.378 e. The molecule has 0 amide bonds. The molecule has 8 heteroatoms. The Bertz CT molecular complexity index is 574. The van der Waals surface area contributed by atoms with Crippen LogP contribution in [0.1, 0.15) is 25.1 Å². The van der Waals surface area contributed by atoms with Gasteiger partial charge in [0.2, 0.25) is 10.0 Å². The Hall–Kier alpha value is 0.01000. The second-order valence-corrected chi connectivity index (χ2v) is 9.38. The van der Waals surface area contributed by atoms with E-state index in [-0.39, 0.29) is 6.04 Å². The lowest BCUT2D eigenvalue weighted by atomic mass is 10.3. The van der Waals surface area contributed by atoms with Crippen LogP contribution in [0.2, 0.25) is 0 Å². The van der Waals surface area contributed by atoms with Crippen LogP contribution in [0.3, 0.4) is 0 Å². The van der Waals surface area contributed by atoms with Crippen LogP contribution in [0.25, 0.3) is 0 Å². The first-order chi connectivity index (χ1) is 9.96. The summed E-state index contributed by atoms with van der Waals surface area (Å²) in [6.07, 6.45) is 1.06. The molecule has 0 bridgehead atoms. The highest BCUT2D eigenvalue weighted by Gasteiger charge is 2.33. The molecule has 2 heterocycles. The van der Waals surface area contributed by atoms with E-state index in [1.807, 2.05) is 6.92 Å². The van der Waals surface area contributed by atoms with Crippen molar-refractivity contribution < 1.29 is 13.2 Å². The first-order valence-electron chi connectivity index (χ1n) is 7.05. The lowest BCUT2D eigenvalue weighted by molar-refractivity contribution is 0.0392. The molecule has 5 nitrogen and oxygen atoms in total. The fourth-order valence-electron chi connectivity index (χ4n) is 2.24. The van der Waals surface area contributed by atoms with Crippen molar-refractivity contribution in [3.63, 3.8) is 0 Å². The molecule has 2 rings (SSSR count). The maximum Gasteiger partial charge on any atom is 0.245 e. The van der Waals surface area contributed by atoms with Crippen molar-refractivity contribution in [2.75, 3.05) is 26.3 Å².